The van der Waals surface area contributed by atoms with E-state index in [1.165, 1.54) is 17.6 Å². The topological polar surface area (TPSA) is 58.8 Å². The number of likely N-dealkylation sites (N-methyl/N-ethyl adjacent to an activating group) is 1. The van der Waals surface area contributed by atoms with Crippen molar-refractivity contribution in [3.05, 3.63) is 42.4 Å². The summed E-state index contributed by atoms with van der Waals surface area (Å²) >= 11 is 1.48. The highest BCUT2D eigenvalue weighted by Crippen LogP contribution is 2.31. The summed E-state index contributed by atoms with van der Waals surface area (Å²) in [5.41, 5.74) is 0.816. The number of halogens is 1. The summed E-state index contributed by atoms with van der Waals surface area (Å²) in [7, 11) is 5.57. The highest BCUT2D eigenvalue weighted by molar-refractivity contribution is 7.22. The van der Waals surface area contributed by atoms with E-state index < -0.39 is 0 Å². The number of hydrogen-bond donors (Lipinski definition) is 0. The van der Waals surface area contributed by atoms with Gasteiger partial charge in [-0.25, -0.2) is 4.98 Å². The Morgan fingerprint density at radius 1 is 1.28 bits per heavy atom. The molecule has 1 amide bonds. The second-order valence-corrected chi connectivity index (χ2v) is 6.58. The van der Waals surface area contributed by atoms with Crippen LogP contribution in [0.1, 0.15) is 10.6 Å². The molecule has 8 heteroatoms. The Labute approximate surface area is 156 Å². The van der Waals surface area contributed by atoms with E-state index in [1.54, 1.807) is 24.1 Å². The number of fused-ring (bicyclic) bond motifs is 1. The van der Waals surface area contributed by atoms with Crippen LogP contribution in [0, 0.1) is 0 Å². The van der Waals surface area contributed by atoms with Gasteiger partial charge in [0, 0.05) is 19.2 Å². The molecule has 0 saturated carbocycles. The van der Waals surface area contributed by atoms with Gasteiger partial charge in [0.2, 0.25) is 0 Å². The molecule has 0 aliphatic rings. The number of thiazole rings is 1. The molecule has 134 valence electrons. The lowest BCUT2D eigenvalue weighted by molar-refractivity contribution is 0.0958. The Balaban J connectivity index is 0.00000225. The summed E-state index contributed by atoms with van der Waals surface area (Å²) in [4.78, 5) is 21.1. The van der Waals surface area contributed by atoms with Crippen LogP contribution in [0.5, 0.6) is 5.75 Å². The van der Waals surface area contributed by atoms with E-state index in [-0.39, 0.29) is 18.3 Å². The molecule has 3 rings (SSSR count). The zero-order chi connectivity index (χ0) is 17.1. The number of nitrogens with zero attached hydrogens (tertiary/aromatic N) is 3. The predicted octanol–water partition coefficient (Wildman–Crippen LogP) is 3.53. The second kappa shape index (κ2) is 8.33. The van der Waals surface area contributed by atoms with Crippen molar-refractivity contribution in [1.82, 2.24) is 9.88 Å². The lowest BCUT2D eigenvalue weighted by Crippen LogP contribution is -2.36. The van der Waals surface area contributed by atoms with Gasteiger partial charge in [0.05, 0.1) is 23.6 Å². The van der Waals surface area contributed by atoms with E-state index in [1.807, 2.05) is 37.2 Å². The van der Waals surface area contributed by atoms with E-state index in [0.29, 0.717) is 17.4 Å². The Morgan fingerprint density at radius 3 is 2.72 bits per heavy atom. The Bertz CT molecular complexity index is 833. The highest BCUT2D eigenvalue weighted by atomic mass is 35.5. The molecule has 0 N–H and O–H groups in total. The number of carbonyl (C=O) groups excluding carboxylic acids is 1. The fourth-order valence-corrected chi connectivity index (χ4v) is 3.23. The first-order valence-corrected chi connectivity index (χ1v) is 8.35. The number of rotatable bonds is 6. The molecule has 2 aromatic heterocycles. The highest BCUT2D eigenvalue weighted by Gasteiger charge is 2.23. The number of hydrogen-bond acceptors (Lipinski definition) is 6. The third-order valence-electron chi connectivity index (χ3n) is 3.56. The molecular weight excluding hydrogens is 362 g/mol. The molecule has 0 saturated heterocycles. The average Bonchev–Trinajstić information content (AvgIpc) is 3.23. The van der Waals surface area contributed by atoms with Crippen molar-refractivity contribution in [1.29, 1.82) is 0 Å². The SMILES string of the molecule is COc1ccc2sc(N(CCN(C)C)C(=O)c3ccco3)nc2c1.Cl. The molecule has 3 aromatic rings. The summed E-state index contributed by atoms with van der Waals surface area (Å²) in [6.07, 6.45) is 1.50. The molecule has 25 heavy (non-hydrogen) atoms. The number of furan rings is 1. The predicted molar refractivity (Wildman–Crippen MR) is 102 cm³/mol. The lowest BCUT2D eigenvalue weighted by Gasteiger charge is -2.20. The second-order valence-electron chi connectivity index (χ2n) is 5.57. The van der Waals surface area contributed by atoms with Crippen molar-refractivity contribution >= 4 is 45.0 Å². The van der Waals surface area contributed by atoms with Gasteiger partial charge < -0.3 is 14.1 Å². The van der Waals surface area contributed by atoms with E-state index in [4.69, 9.17) is 9.15 Å². The Hall–Kier alpha value is -2.09. The molecule has 6 nitrogen and oxygen atoms in total. The molecule has 0 aliphatic carbocycles. The van der Waals surface area contributed by atoms with Crippen LogP contribution >= 0.6 is 23.7 Å². The number of ether oxygens (including phenoxy) is 1. The Morgan fingerprint density at radius 2 is 2.08 bits per heavy atom. The van der Waals surface area contributed by atoms with E-state index >= 15 is 0 Å². The van der Waals surface area contributed by atoms with Gasteiger partial charge in [-0.05, 0) is 38.4 Å². The Kier molecular flexibility index (Phi) is 6.41. The molecule has 0 aliphatic heterocycles. The van der Waals surface area contributed by atoms with Gasteiger partial charge in [0.1, 0.15) is 5.75 Å². The number of aromatic nitrogens is 1. The van der Waals surface area contributed by atoms with E-state index in [2.05, 4.69) is 4.98 Å². The first-order valence-electron chi connectivity index (χ1n) is 7.53. The monoisotopic (exact) mass is 381 g/mol. The summed E-state index contributed by atoms with van der Waals surface area (Å²) in [6.45, 7) is 1.26. The quantitative estimate of drug-likeness (QED) is 0.653. The first kappa shape index (κ1) is 19.2. The van der Waals surface area contributed by atoms with Crippen molar-refractivity contribution < 1.29 is 13.9 Å². The number of anilines is 1. The minimum absolute atomic E-state index is 0. The van der Waals surface area contributed by atoms with Gasteiger partial charge in [0.15, 0.2) is 10.9 Å². The summed E-state index contributed by atoms with van der Waals surface area (Å²) in [5, 5.41) is 0.654. The molecule has 0 bridgehead atoms. The largest absolute Gasteiger partial charge is 0.497 e. The molecule has 2 heterocycles. The standard InChI is InChI=1S/C17H19N3O3S.ClH/c1-19(2)8-9-20(16(21)14-5-4-10-23-14)17-18-13-11-12(22-3)6-7-15(13)24-17;/h4-7,10-11H,8-9H2,1-3H3;1H. The number of amides is 1. The zero-order valence-corrected chi connectivity index (χ0v) is 15.9. The van der Waals surface area contributed by atoms with Crippen LogP contribution in [-0.2, 0) is 0 Å². The maximum atomic E-state index is 12.8. The van der Waals surface area contributed by atoms with Gasteiger partial charge in [-0.1, -0.05) is 11.3 Å². The van der Waals surface area contributed by atoms with Crippen LogP contribution in [-0.4, -0.2) is 50.1 Å². The third kappa shape index (κ3) is 4.31. The van der Waals surface area contributed by atoms with Crippen molar-refractivity contribution in [2.75, 3.05) is 39.2 Å². The molecule has 0 radical (unpaired) electrons. The van der Waals surface area contributed by atoms with Crippen LogP contribution in [0.25, 0.3) is 10.2 Å². The van der Waals surface area contributed by atoms with Crippen LogP contribution in [0.3, 0.4) is 0 Å². The summed E-state index contributed by atoms with van der Waals surface area (Å²) in [6, 6.07) is 9.10. The normalized spacial score (nSPS) is 10.7. The van der Waals surface area contributed by atoms with E-state index in [0.717, 1.165) is 22.5 Å². The van der Waals surface area contributed by atoms with Gasteiger partial charge >= 0.3 is 0 Å². The summed E-state index contributed by atoms with van der Waals surface area (Å²) in [5.74, 6) is 0.870. The van der Waals surface area contributed by atoms with Crippen molar-refractivity contribution in [3.63, 3.8) is 0 Å². The van der Waals surface area contributed by atoms with Crippen molar-refractivity contribution in [2.45, 2.75) is 0 Å². The molecule has 0 spiro atoms. The molecule has 0 atom stereocenters. The lowest BCUT2D eigenvalue weighted by atomic mass is 10.3. The first-order chi connectivity index (χ1) is 11.6. The maximum Gasteiger partial charge on any atom is 0.295 e. The smallest absolute Gasteiger partial charge is 0.295 e. The zero-order valence-electron chi connectivity index (χ0n) is 14.3. The van der Waals surface area contributed by atoms with Gasteiger partial charge in [-0.2, -0.15) is 0 Å². The number of methoxy groups -OCH3 is 1. The maximum absolute atomic E-state index is 12.8. The fraction of sp³-hybridized carbons (Fsp3) is 0.294. The minimum Gasteiger partial charge on any atom is -0.497 e. The van der Waals surface area contributed by atoms with Crippen LogP contribution in [0.15, 0.2) is 41.0 Å². The molecule has 0 unspecified atom stereocenters. The van der Waals surface area contributed by atoms with Crippen LogP contribution in [0.4, 0.5) is 5.13 Å². The van der Waals surface area contributed by atoms with E-state index in [9.17, 15) is 4.79 Å². The van der Waals surface area contributed by atoms with Gasteiger partial charge in [-0.15, -0.1) is 12.4 Å². The molecular formula is C17H20ClN3O3S. The van der Waals surface area contributed by atoms with Gasteiger partial charge in [-0.3, -0.25) is 9.69 Å². The van der Waals surface area contributed by atoms with Crippen LogP contribution < -0.4 is 9.64 Å². The average molecular weight is 382 g/mol. The number of benzene rings is 1. The minimum atomic E-state index is -0.187. The summed E-state index contributed by atoms with van der Waals surface area (Å²) < 4.78 is 11.5. The van der Waals surface area contributed by atoms with Crippen molar-refractivity contribution in [2.24, 2.45) is 0 Å². The van der Waals surface area contributed by atoms with Crippen LogP contribution in [0.2, 0.25) is 0 Å². The van der Waals surface area contributed by atoms with Gasteiger partial charge in [0.25, 0.3) is 5.91 Å². The number of carbonyl (C=O) groups is 1. The van der Waals surface area contributed by atoms with Crippen molar-refractivity contribution in [3.8, 4) is 5.75 Å². The molecule has 1 aromatic carbocycles. The molecule has 0 fully saturated rings. The fourth-order valence-electron chi connectivity index (χ4n) is 2.25. The third-order valence-corrected chi connectivity index (χ3v) is 4.62.